The van der Waals surface area contributed by atoms with E-state index in [2.05, 4.69) is 38.2 Å². The van der Waals surface area contributed by atoms with Crippen molar-refractivity contribution in [3.63, 3.8) is 0 Å². The van der Waals surface area contributed by atoms with E-state index in [0.29, 0.717) is 0 Å². The van der Waals surface area contributed by atoms with Gasteiger partial charge >= 0.3 is 0 Å². The van der Waals surface area contributed by atoms with Crippen LogP contribution in [0.15, 0.2) is 0 Å². The zero-order chi connectivity index (χ0) is 6.69. The molecule has 0 saturated carbocycles. The van der Waals surface area contributed by atoms with Crippen molar-refractivity contribution < 1.29 is 0 Å². The smallest absolute Gasteiger partial charge is 0.0236 e. The molecule has 0 aromatic rings. The molecule has 1 unspecified atom stereocenters. The first kappa shape index (κ1) is 7.75. The Morgan fingerprint density at radius 1 is 1.78 bits per heavy atom. The Kier molecular flexibility index (Phi) is 3.21. The van der Waals surface area contributed by atoms with Gasteiger partial charge in [0.15, 0.2) is 0 Å². The van der Waals surface area contributed by atoms with Crippen molar-refractivity contribution in [1.29, 1.82) is 0 Å². The standard InChI is InChI=1S/C6H13IN2/c1-2-8-6-3-4-9(7)5-6/h6,8H,2-5H2,1H3. The highest BCUT2D eigenvalue weighted by molar-refractivity contribution is 14.1. The fourth-order valence-electron chi connectivity index (χ4n) is 1.17. The first-order valence-electron chi connectivity index (χ1n) is 3.47. The van der Waals surface area contributed by atoms with Gasteiger partial charge in [-0.25, -0.2) is 3.11 Å². The van der Waals surface area contributed by atoms with Gasteiger partial charge in [0.1, 0.15) is 0 Å². The molecule has 0 aliphatic carbocycles. The highest BCUT2D eigenvalue weighted by Gasteiger charge is 2.18. The molecule has 1 aliphatic heterocycles. The Labute approximate surface area is 70.5 Å². The third kappa shape index (κ3) is 2.39. The maximum atomic E-state index is 3.43. The lowest BCUT2D eigenvalue weighted by atomic mass is 10.3. The van der Waals surface area contributed by atoms with Gasteiger partial charge in [-0.05, 0) is 13.0 Å². The zero-order valence-electron chi connectivity index (χ0n) is 5.73. The summed E-state index contributed by atoms with van der Waals surface area (Å²) >= 11 is 2.38. The van der Waals surface area contributed by atoms with Crippen molar-refractivity contribution >= 4 is 22.9 Å². The number of nitrogens with one attached hydrogen (secondary N) is 1. The molecule has 3 heteroatoms. The van der Waals surface area contributed by atoms with Crippen LogP contribution in [-0.4, -0.2) is 28.8 Å². The predicted octanol–water partition coefficient (Wildman–Crippen LogP) is 1.02. The van der Waals surface area contributed by atoms with Gasteiger partial charge in [0, 0.05) is 42.0 Å². The molecule has 0 radical (unpaired) electrons. The van der Waals surface area contributed by atoms with E-state index < -0.39 is 0 Å². The molecule has 9 heavy (non-hydrogen) atoms. The van der Waals surface area contributed by atoms with E-state index >= 15 is 0 Å². The molecule has 1 atom stereocenters. The number of likely N-dealkylation sites (N-methyl/N-ethyl adjacent to an activating group) is 1. The molecule has 1 N–H and O–H groups in total. The summed E-state index contributed by atoms with van der Waals surface area (Å²) in [6.45, 7) is 5.73. The highest BCUT2D eigenvalue weighted by atomic mass is 127. The Morgan fingerprint density at radius 2 is 2.56 bits per heavy atom. The lowest BCUT2D eigenvalue weighted by Crippen LogP contribution is -2.29. The Bertz CT molecular complexity index is 85.1. The fraction of sp³-hybridized carbons (Fsp3) is 1.00. The van der Waals surface area contributed by atoms with E-state index in [4.69, 9.17) is 0 Å². The van der Waals surface area contributed by atoms with Crippen LogP contribution in [0.2, 0.25) is 0 Å². The topological polar surface area (TPSA) is 15.3 Å². The van der Waals surface area contributed by atoms with Crippen LogP contribution in [0, 0.1) is 0 Å². The van der Waals surface area contributed by atoms with Crippen LogP contribution >= 0.6 is 22.9 Å². The highest BCUT2D eigenvalue weighted by Crippen LogP contribution is 2.12. The van der Waals surface area contributed by atoms with E-state index in [0.717, 1.165) is 12.6 Å². The largest absolute Gasteiger partial charge is 0.313 e. The van der Waals surface area contributed by atoms with E-state index in [1.807, 2.05) is 0 Å². The van der Waals surface area contributed by atoms with Crippen LogP contribution in [0.1, 0.15) is 13.3 Å². The molecular weight excluding hydrogens is 227 g/mol. The molecule has 0 aromatic heterocycles. The maximum Gasteiger partial charge on any atom is 0.0236 e. The summed E-state index contributed by atoms with van der Waals surface area (Å²) in [6.07, 6.45) is 1.32. The average Bonchev–Trinajstić information content (AvgIpc) is 2.17. The lowest BCUT2D eigenvalue weighted by molar-refractivity contribution is 0.540. The Balaban J connectivity index is 2.14. The third-order valence-electron chi connectivity index (χ3n) is 1.63. The number of nitrogens with zero attached hydrogens (tertiary/aromatic N) is 1. The van der Waals surface area contributed by atoms with Gasteiger partial charge < -0.3 is 5.32 Å². The summed E-state index contributed by atoms with van der Waals surface area (Å²) in [5, 5.41) is 3.43. The molecule has 1 rings (SSSR count). The first-order valence-corrected chi connectivity index (χ1v) is 4.43. The van der Waals surface area contributed by atoms with E-state index in [1.54, 1.807) is 0 Å². The molecule has 2 nitrogen and oxygen atoms in total. The summed E-state index contributed by atoms with van der Waals surface area (Å²) in [4.78, 5) is 0. The number of hydrogen-bond acceptors (Lipinski definition) is 2. The van der Waals surface area contributed by atoms with Crippen LogP contribution in [-0.2, 0) is 0 Å². The van der Waals surface area contributed by atoms with E-state index in [1.165, 1.54) is 19.5 Å². The summed E-state index contributed by atoms with van der Waals surface area (Å²) in [6, 6.07) is 0.756. The fourth-order valence-corrected chi connectivity index (χ4v) is 1.93. The molecule has 1 heterocycles. The average molecular weight is 240 g/mol. The monoisotopic (exact) mass is 240 g/mol. The van der Waals surface area contributed by atoms with Gasteiger partial charge in [-0.3, -0.25) is 0 Å². The molecule has 54 valence electrons. The van der Waals surface area contributed by atoms with Crippen molar-refractivity contribution in [3.05, 3.63) is 0 Å². The quantitative estimate of drug-likeness (QED) is 0.572. The van der Waals surface area contributed by atoms with Crippen molar-refractivity contribution in [3.8, 4) is 0 Å². The molecule has 1 fully saturated rings. The minimum atomic E-state index is 0.756. The van der Waals surface area contributed by atoms with Gasteiger partial charge in [-0.2, -0.15) is 0 Å². The second kappa shape index (κ2) is 3.73. The molecule has 1 saturated heterocycles. The third-order valence-corrected chi connectivity index (χ3v) is 2.51. The normalized spacial score (nSPS) is 29.3. The van der Waals surface area contributed by atoms with Crippen molar-refractivity contribution in [2.75, 3.05) is 19.6 Å². The number of rotatable bonds is 2. The molecule has 0 spiro atoms. The summed E-state index contributed by atoms with van der Waals surface area (Å²) in [5.41, 5.74) is 0. The van der Waals surface area contributed by atoms with Gasteiger partial charge in [-0.1, -0.05) is 6.92 Å². The molecule has 0 amide bonds. The van der Waals surface area contributed by atoms with Crippen LogP contribution in [0.4, 0.5) is 0 Å². The van der Waals surface area contributed by atoms with Crippen molar-refractivity contribution in [1.82, 2.24) is 8.43 Å². The molecule has 0 bridgehead atoms. The SMILES string of the molecule is CCNC1CCN(I)C1. The summed E-state index contributed by atoms with van der Waals surface area (Å²) < 4.78 is 2.34. The number of hydrogen-bond donors (Lipinski definition) is 1. The minimum absolute atomic E-state index is 0.756. The van der Waals surface area contributed by atoms with Crippen LogP contribution < -0.4 is 5.32 Å². The van der Waals surface area contributed by atoms with E-state index in [-0.39, 0.29) is 0 Å². The van der Waals surface area contributed by atoms with Gasteiger partial charge in [0.05, 0.1) is 0 Å². The Hall–Kier alpha value is 0.650. The molecular formula is C6H13IN2. The van der Waals surface area contributed by atoms with Gasteiger partial charge in [0.2, 0.25) is 0 Å². The maximum absolute atomic E-state index is 3.43. The van der Waals surface area contributed by atoms with Gasteiger partial charge in [-0.15, -0.1) is 0 Å². The van der Waals surface area contributed by atoms with Crippen LogP contribution in [0.3, 0.4) is 0 Å². The first-order chi connectivity index (χ1) is 4.33. The summed E-state index contributed by atoms with van der Waals surface area (Å²) in [5.74, 6) is 0. The second-order valence-electron chi connectivity index (χ2n) is 2.41. The Morgan fingerprint density at radius 3 is 3.00 bits per heavy atom. The van der Waals surface area contributed by atoms with Crippen LogP contribution in [0.5, 0.6) is 0 Å². The lowest BCUT2D eigenvalue weighted by Gasteiger charge is -2.08. The van der Waals surface area contributed by atoms with Gasteiger partial charge in [0.25, 0.3) is 0 Å². The van der Waals surface area contributed by atoms with Crippen LogP contribution in [0.25, 0.3) is 0 Å². The number of halogens is 1. The minimum Gasteiger partial charge on any atom is -0.313 e. The zero-order valence-corrected chi connectivity index (χ0v) is 7.89. The summed E-state index contributed by atoms with van der Waals surface area (Å²) in [7, 11) is 0. The van der Waals surface area contributed by atoms with E-state index in [9.17, 15) is 0 Å². The predicted molar refractivity (Wildman–Crippen MR) is 47.7 cm³/mol. The molecule has 0 aromatic carbocycles. The molecule has 1 aliphatic rings. The van der Waals surface area contributed by atoms with Crippen molar-refractivity contribution in [2.45, 2.75) is 19.4 Å². The van der Waals surface area contributed by atoms with Crippen molar-refractivity contribution in [2.24, 2.45) is 0 Å². The second-order valence-corrected chi connectivity index (χ2v) is 3.78.